The summed E-state index contributed by atoms with van der Waals surface area (Å²) in [6.45, 7) is 15.6. The second-order valence-corrected chi connectivity index (χ2v) is 7.91. The molecule has 5 nitrogen and oxygen atoms in total. The Morgan fingerprint density at radius 3 is 2.57 bits per heavy atom. The lowest BCUT2D eigenvalue weighted by atomic mass is 9.94. The summed E-state index contributed by atoms with van der Waals surface area (Å²) in [5.74, 6) is 1.51. The second kappa shape index (κ2) is 9.48. The lowest BCUT2D eigenvalue weighted by molar-refractivity contribution is 0.0514. The minimum atomic E-state index is -0.451. The fourth-order valence-corrected chi connectivity index (χ4v) is 2.90. The molecule has 0 aromatic rings. The molecule has 3 atom stereocenters. The summed E-state index contributed by atoms with van der Waals surface area (Å²) in [4.78, 5) is 11.8. The predicted octanol–water partition coefficient (Wildman–Crippen LogP) is 3.19. The Morgan fingerprint density at radius 2 is 2.00 bits per heavy atom. The molecule has 5 heteroatoms. The van der Waals surface area contributed by atoms with Crippen LogP contribution in [0.25, 0.3) is 0 Å². The quantitative estimate of drug-likeness (QED) is 0.718. The Balaban J connectivity index is 2.30. The van der Waals surface area contributed by atoms with Crippen LogP contribution in [0.4, 0.5) is 4.79 Å². The van der Waals surface area contributed by atoms with Crippen LogP contribution in [0, 0.1) is 17.8 Å². The molecule has 1 fully saturated rings. The lowest BCUT2D eigenvalue weighted by Gasteiger charge is -2.25. The van der Waals surface area contributed by atoms with Crippen LogP contribution in [0.15, 0.2) is 0 Å². The summed E-state index contributed by atoms with van der Waals surface area (Å²) in [5.41, 5.74) is -0.451. The summed E-state index contributed by atoms with van der Waals surface area (Å²) in [7, 11) is 0. The highest BCUT2D eigenvalue weighted by Crippen LogP contribution is 2.22. The lowest BCUT2D eigenvalue weighted by Crippen LogP contribution is -2.40. The number of hydrogen-bond donors (Lipinski definition) is 2. The molecule has 0 bridgehead atoms. The van der Waals surface area contributed by atoms with E-state index in [-0.39, 0.29) is 6.09 Å². The standard InChI is InChI=1S/C18H36N2O3/c1-7-16-14(8-9-22-16)10-19-11-15(13(2)3)12-20-17(21)23-18(4,5)6/h13-16,19H,7-12H2,1-6H3,(H,20,21). The first-order chi connectivity index (χ1) is 10.7. The summed E-state index contributed by atoms with van der Waals surface area (Å²) in [6, 6.07) is 0. The van der Waals surface area contributed by atoms with Gasteiger partial charge in [-0.05, 0) is 57.9 Å². The van der Waals surface area contributed by atoms with E-state index in [1.54, 1.807) is 0 Å². The van der Waals surface area contributed by atoms with Crippen molar-refractivity contribution >= 4 is 6.09 Å². The Kier molecular flexibility index (Phi) is 8.34. The monoisotopic (exact) mass is 328 g/mol. The summed E-state index contributed by atoms with van der Waals surface area (Å²) < 4.78 is 11.0. The van der Waals surface area contributed by atoms with Crippen LogP contribution < -0.4 is 10.6 Å². The van der Waals surface area contributed by atoms with Gasteiger partial charge in [0.1, 0.15) is 5.60 Å². The van der Waals surface area contributed by atoms with Gasteiger partial charge in [0.05, 0.1) is 6.10 Å². The minimum Gasteiger partial charge on any atom is -0.444 e. The average molecular weight is 328 g/mol. The number of rotatable bonds is 8. The number of amides is 1. The Bertz CT molecular complexity index is 353. The van der Waals surface area contributed by atoms with E-state index in [0.717, 1.165) is 32.5 Å². The third kappa shape index (κ3) is 8.02. The number of hydrogen-bond acceptors (Lipinski definition) is 4. The molecule has 0 saturated carbocycles. The molecule has 1 aliphatic heterocycles. The van der Waals surface area contributed by atoms with E-state index in [2.05, 4.69) is 31.4 Å². The predicted molar refractivity (Wildman–Crippen MR) is 93.6 cm³/mol. The number of nitrogens with one attached hydrogen (secondary N) is 2. The van der Waals surface area contributed by atoms with Gasteiger partial charge in [-0.15, -0.1) is 0 Å². The zero-order chi connectivity index (χ0) is 17.5. The van der Waals surface area contributed by atoms with Crippen LogP contribution in [0.5, 0.6) is 0 Å². The fourth-order valence-electron chi connectivity index (χ4n) is 2.90. The smallest absolute Gasteiger partial charge is 0.407 e. The third-order valence-corrected chi connectivity index (χ3v) is 4.41. The number of alkyl carbamates (subject to hydrolysis) is 1. The molecule has 2 N–H and O–H groups in total. The van der Waals surface area contributed by atoms with Gasteiger partial charge < -0.3 is 20.1 Å². The van der Waals surface area contributed by atoms with Gasteiger partial charge in [0, 0.05) is 19.7 Å². The van der Waals surface area contributed by atoms with E-state index >= 15 is 0 Å². The van der Waals surface area contributed by atoms with Gasteiger partial charge in [0.25, 0.3) is 0 Å². The number of ether oxygens (including phenoxy) is 2. The van der Waals surface area contributed by atoms with E-state index in [1.807, 2.05) is 20.8 Å². The molecule has 0 aromatic carbocycles. The van der Waals surface area contributed by atoms with Gasteiger partial charge in [-0.3, -0.25) is 0 Å². The molecule has 3 unspecified atom stereocenters. The molecule has 1 amide bonds. The van der Waals surface area contributed by atoms with Crippen LogP contribution in [-0.4, -0.2) is 44.0 Å². The fraction of sp³-hybridized carbons (Fsp3) is 0.944. The SMILES string of the molecule is CCC1OCCC1CNCC(CNC(=O)OC(C)(C)C)C(C)C. The van der Waals surface area contributed by atoms with Gasteiger partial charge in [-0.2, -0.15) is 0 Å². The van der Waals surface area contributed by atoms with Crippen LogP contribution in [0.2, 0.25) is 0 Å². The van der Waals surface area contributed by atoms with Crippen molar-refractivity contribution in [1.82, 2.24) is 10.6 Å². The molecule has 0 aliphatic carbocycles. The van der Waals surface area contributed by atoms with Crippen molar-refractivity contribution in [2.75, 3.05) is 26.2 Å². The Hall–Kier alpha value is -0.810. The molecule has 1 saturated heterocycles. The maximum Gasteiger partial charge on any atom is 0.407 e. The van der Waals surface area contributed by atoms with Crippen molar-refractivity contribution < 1.29 is 14.3 Å². The molecule has 0 radical (unpaired) electrons. The number of carbonyl (C=O) groups excluding carboxylic acids is 1. The average Bonchev–Trinajstić information content (AvgIpc) is 2.87. The minimum absolute atomic E-state index is 0.335. The maximum atomic E-state index is 11.8. The molecule has 0 spiro atoms. The number of carbonyl (C=O) groups is 1. The molecule has 0 aromatic heterocycles. The van der Waals surface area contributed by atoms with Crippen molar-refractivity contribution in [3.63, 3.8) is 0 Å². The summed E-state index contributed by atoms with van der Waals surface area (Å²) in [5, 5.41) is 6.47. The highest BCUT2D eigenvalue weighted by molar-refractivity contribution is 5.67. The highest BCUT2D eigenvalue weighted by atomic mass is 16.6. The van der Waals surface area contributed by atoms with Crippen molar-refractivity contribution in [3.05, 3.63) is 0 Å². The zero-order valence-electron chi connectivity index (χ0n) is 15.8. The van der Waals surface area contributed by atoms with E-state index in [1.165, 1.54) is 0 Å². The second-order valence-electron chi connectivity index (χ2n) is 7.91. The molecule has 1 heterocycles. The van der Waals surface area contributed by atoms with Crippen LogP contribution in [0.3, 0.4) is 0 Å². The van der Waals surface area contributed by atoms with Gasteiger partial charge in [0.2, 0.25) is 0 Å². The van der Waals surface area contributed by atoms with Crippen molar-refractivity contribution in [3.8, 4) is 0 Å². The first kappa shape index (κ1) is 20.2. The van der Waals surface area contributed by atoms with Crippen LogP contribution >= 0.6 is 0 Å². The molecule has 1 rings (SSSR count). The zero-order valence-corrected chi connectivity index (χ0v) is 15.8. The van der Waals surface area contributed by atoms with E-state index in [0.29, 0.717) is 30.4 Å². The van der Waals surface area contributed by atoms with Crippen molar-refractivity contribution in [2.24, 2.45) is 17.8 Å². The highest BCUT2D eigenvalue weighted by Gasteiger charge is 2.26. The maximum absolute atomic E-state index is 11.8. The third-order valence-electron chi connectivity index (χ3n) is 4.41. The van der Waals surface area contributed by atoms with Crippen LogP contribution in [0.1, 0.15) is 54.4 Å². The Morgan fingerprint density at radius 1 is 1.30 bits per heavy atom. The van der Waals surface area contributed by atoms with Gasteiger partial charge >= 0.3 is 6.09 Å². The topological polar surface area (TPSA) is 59.6 Å². The summed E-state index contributed by atoms with van der Waals surface area (Å²) in [6.07, 6.45) is 2.30. The largest absolute Gasteiger partial charge is 0.444 e. The van der Waals surface area contributed by atoms with Crippen molar-refractivity contribution in [2.45, 2.75) is 66.1 Å². The molecule has 23 heavy (non-hydrogen) atoms. The molecule has 136 valence electrons. The Labute approximate surface area is 141 Å². The first-order valence-electron chi connectivity index (χ1n) is 9.02. The normalized spacial score (nSPS) is 23.1. The van der Waals surface area contributed by atoms with Gasteiger partial charge in [-0.1, -0.05) is 20.8 Å². The molecular weight excluding hydrogens is 292 g/mol. The van der Waals surface area contributed by atoms with Crippen molar-refractivity contribution in [1.29, 1.82) is 0 Å². The molecule has 1 aliphatic rings. The summed E-state index contributed by atoms with van der Waals surface area (Å²) >= 11 is 0. The van der Waals surface area contributed by atoms with E-state index in [4.69, 9.17) is 9.47 Å². The van der Waals surface area contributed by atoms with Gasteiger partial charge in [0.15, 0.2) is 0 Å². The van der Waals surface area contributed by atoms with E-state index < -0.39 is 5.60 Å². The van der Waals surface area contributed by atoms with Gasteiger partial charge in [-0.25, -0.2) is 4.79 Å². The first-order valence-corrected chi connectivity index (χ1v) is 9.02. The molecular formula is C18H36N2O3. The van der Waals surface area contributed by atoms with E-state index in [9.17, 15) is 4.79 Å². The van der Waals surface area contributed by atoms with Crippen LogP contribution in [-0.2, 0) is 9.47 Å².